The van der Waals surface area contributed by atoms with Gasteiger partial charge in [0.15, 0.2) is 11.5 Å². The molecule has 20 heavy (non-hydrogen) atoms. The Morgan fingerprint density at radius 3 is 2.45 bits per heavy atom. The highest BCUT2D eigenvalue weighted by Gasteiger charge is 2.06. The van der Waals surface area contributed by atoms with Crippen LogP contribution < -0.4 is 9.47 Å². The van der Waals surface area contributed by atoms with Crippen LogP contribution in [0.15, 0.2) is 42.5 Å². The summed E-state index contributed by atoms with van der Waals surface area (Å²) in [6.45, 7) is 2.73. The first kappa shape index (κ1) is 13.9. The number of phenolic OH excluding ortho intramolecular Hbond substituents is 1. The number of aromatic hydroxyl groups is 1. The van der Waals surface area contributed by atoms with Crippen LogP contribution in [0.5, 0.6) is 17.2 Å². The number of carbonyl (C=O) groups is 1. The van der Waals surface area contributed by atoms with Crippen molar-refractivity contribution in [2.45, 2.75) is 13.5 Å². The first-order chi connectivity index (χ1) is 9.72. The van der Waals surface area contributed by atoms with Crippen LogP contribution in [-0.4, -0.2) is 18.0 Å². The van der Waals surface area contributed by atoms with E-state index in [1.54, 1.807) is 42.5 Å². The van der Waals surface area contributed by atoms with Crippen LogP contribution in [-0.2, 0) is 6.61 Å². The zero-order valence-electron chi connectivity index (χ0n) is 11.2. The molecule has 2 aromatic rings. The Balaban J connectivity index is 2.11. The molecular formula is C16H16O4. The maximum atomic E-state index is 10.8. The van der Waals surface area contributed by atoms with Crippen LogP contribution in [0.4, 0.5) is 0 Å². The molecule has 4 heteroatoms. The molecule has 0 radical (unpaired) electrons. The van der Waals surface area contributed by atoms with Crippen molar-refractivity contribution in [2.75, 3.05) is 6.61 Å². The van der Waals surface area contributed by atoms with Crippen molar-refractivity contribution in [1.29, 1.82) is 0 Å². The van der Waals surface area contributed by atoms with E-state index >= 15 is 0 Å². The van der Waals surface area contributed by atoms with Gasteiger partial charge in [0.05, 0.1) is 6.61 Å². The number of ether oxygens (including phenoxy) is 2. The van der Waals surface area contributed by atoms with Crippen LogP contribution in [0.25, 0.3) is 0 Å². The molecule has 4 nitrogen and oxygen atoms in total. The van der Waals surface area contributed by atoms with Crippen LogP contribution in [0.2, 0.25) is 0 Å². The first-order valence-corrected chi connectivity index (χ1v) is 6.35. The lowest BCUT2D eigenvalue weighted by molar-refractivity contribution is 0.112. The molecule has 0 fully saturated rings. The molecule has 1 N–H and O–H groups in total. The van der Waals surface area contributed by atoms with E-state index < -0.39 is 0 Å². The lowest BCUT2D eigenvalue weighted by Gasteiger charge is -2.12. The van der Waals surface area contributed by atoms with Crippen molar-refractivity contribution in [3.8, 4) is 17.2 Å². The molecule has 0 saturated carbocycles. The molecule has 0 aliphatic rings. The Hall–Kier alpha value is -2.49. The molecule has 0 amide bonds. The van der Waals surface area contributed by atoms with Gasteiger partial charge in [0.2, 0.25) is 0 Å². The molecule has 104 valence electrons. The molecular weight excluding hydrogens is 256 g/mol. The average molecular weight is 272 g/mol. The summed E-state index contributed by atoms with van der Waals surface area (Å²) >= 11 is 0. The lowest BCUT2D eigenvalue weighted by Crippen LogP contribution is -2.00. The summed E-state index contributed by atoms with van der Waals surface area (Å²) in [6, 6.07) is 11.8. The maximum Gasteiger partial charge on any atom is 0.161 e. The van der Waals surface area contributed by atoms with E-state index in [0.717, 1.165) is 11.8 Å². The smallest absolute Gasteiger partial charge is 0.161 e. The normalized spacial score (nSPS) is 10.1. The van der Waals surface area contributed by atoms with Gasteiger partial charge in [0, 0.05) is 5.56 Å². The van der Waals surface area contributed by atoms with Crippen molar-refractivity contribution < 1.29 is 19.4 Å². The summed E-state index contributed by atoms with van der Waals surface area (Å²) < 4.78 is 11.2. The average Bonchev–Trinajstić information content (AvgIpc) is 2.48. The van der Waals surface area contributed by atoms with E-state index in [0.29, 0.717) is 30.3 Å². The number of carbonyl (C=O) groups excluding carboxylic acids is 1. The quantitative estimate of drug-likeness (QED) is 0.820. The van der Waals surface area contributed by atoms with E-state index in [9.17, 15) is 9.90 Å². The third-order valence-corrected chi connectivity index (χ3v) is 2.73. The Kier molecular flexibility index (Phi) is 4.60. The SMILES string of the molecule is CCOc1cc(C=O)ccc1OCc1ccc(O)cc1. The van der Waals surface area contributed by atoms with Crippen molar-refractivity contribution in [3.63, 3.8) is 0 Å². The van der Waals surface area contributed by atoms with Gasteiger partial charge in [-0.3, -0.25) is 4.79 Å². The maximum absolute atomic E-state index is 10.8. The number of hydrogen-bond acceptors (Lipinski definition) is 4. The van der Waals surface area contributed by atoms with Gasteiger partial charge in [-0.05, 0) is 42.8 Å². The number of benzene rings is 2. The zero-order valence-corrected chi connectivity index (χ0v) is 11.2. The monoisotopic (exact) mass is 272 g/mol. The van der Waals surface area contributed by atoms with Crippen LogP contribution in [0.3, 0.4) is 0 Å². The molecule has 0 aliphatic heterocycles. The fourth-order valence-electron chi connectivity index (χ4n) is 1.74. The van der Waals surface area contributed by atoms with Crippen molar-refractivity contribution >= 4 is 6.29 Å². The predicted molar refractivity (Wildman–Crippen MR) is 75.4 cm³/mol. The van der Waals surface area contributed by atoms with Crippen LogP contribution >= 0.6 is 0 Å². The predicted octanol–water partition coefficient (Wildman–Crippen LogP) is 3.18. The van der Waals surface area contributed by atoms with Gasteiger partial charge >= 0.3 is 0 Å². The number of aldehydes is 1. The minimum atomic E-state index is 0.221. The molecule has 2 rings (SSSR count). The molecule has 0 unspecified atom stereocenters. The second-order valence-corrected chi connectivity index (χ2v) is 4.21. The minimum Gasteiger partial charge on any atom is -0.508 e. The molecule has 0 bridgehead atoms. The third kappa shape index (κ3) is 3.51. The minimum absolute atomic E-state index is 0.221. The molecule has 0 spiro atoms. The molecule has 0 atom stereocenters. The Bertz CT molecular complexity index is 576. The van der Waals surface area contributed by atoms with E-state index in [2.05, 4.69) is 0 Å². The van der Waals surface area contributed by atoms with Gasteiger partial charge in [-0.25, -0.2) is 0 Å². The van der Waals surface area contributed by atoms with Gasteiger partial charge in [-0.2, -0.15) is 0 Å². The Morgan fingerprint density at radius 2 is 1.80 bits per heavy atom. The van der Waals surface area contributed by atoms with E-state index in [4.69, 9.17) is 9.47 Å². The van der Waals surface area contributed by atoms with Gasteiger partial charge in [-0.1, -0.05) is 12.1 Å². The van der Waals surface area contributed by atoms with Crippen LogP contribution in [0, 0.1) is 0 Å². The standard InChI is InChI=1S/C16H16O4/c1-2-19-16-9-13(10-17)5-8-15(16)20-11-12-3-6-14(18)7-4-12/h3-10,18H,2,11H2,1H3. The number of phenols is 1. The largest absolute Gasteiger partial charge is 0.508 e. The second-order valence-electron chi connectivity index (χ2n) is 4.21. The van der Waals surface area contributed by atoms with E-state index in [1.165, 1.54) is 0 Å². The van der Waals surface area contributed by atoms with Crippen LogP contribution in [0.1, 0.15) is 22.8 Å². The van der Waals surface area contributed by atoms with Crippen molar-refractivity contribution in [1.82, 2.24) is 0 Å². The third-order valence-electron chi connectivity index (χ3n) is 2.73. The fraction of sp³-hybridized carbons (Fsp3) is 0.188. The molecule has 2 aromatic carbocycles. The fourth-order valence-corrected chi connectivity index (χ4v) is 1.74. The molecule has 0 aliphatic carbocycles. The summed E-state index contributed by atoms with van der Waals surface area (Å²) in [5, 5.41) is 9.22. The van der Waals surface area contributed by atoms with Crippen molar-refractivity contribution in [2.24, 2.45) is 0 Å². The Labute approximate surface area is 117 Å². The second kappa shape index (κ2) is 6.61. The number of hydrogen-bond donors (Lipinski definition) is 1. The summed E-state index contributed by atoms with van der Waals surface area (Å²) in [5.74, 6) is 1.36. The number of rotatable bonds is 6. The summed E-state index contributed by atoms with van der Waals surface area (Å²) in [6.07, 6.45) is 0.770. The van der Waals surface area contributed by atoms with Gasteiger partial charge in [-0.15, -0.1) is 0 Å². The molecule has 0 aromatic heterocycles. The van der Waals surface area contributed by atoms with E-state index in [1.807, 2.05) is 6.92 Å². The van der Waals surface area contributed by atoms with Crippen molar-refractivity contribution in [3.05, 3.63) is 53.6 Å². The first-order valence-electron chi connectivity index (χ1n) is 6.35. The molecule has 0 heterocycles. The van der Waals surface area contributed by atoms with Gasteiger partial charge < -0.3 is 14.6 Å². The zero-order chi connectivity index (χ0) is 14.4. The molecule has 0 saturated heterocycles. The van der Waals surface area contributed by atoms with Gasteiger partial charge in [0.25, 0.3) is 0 Å². The summed E-state index contributed by atoms with van der Waals surface area (Å²) in [7, 11) is 0. The Morgan fingerprint density at radius 1 is 1.05 bits per heavy atom. The summed E-state index contributed by atoms with van der Waals surface area (Å²) in [4.78, 5) is 10.8. The summed E-state index contributed by atoms with van der Waals surface area (Å²) in [5.41, 5.74) is 1.48. The highest BCUT2D eigenvalue weighted by molar-refractivity contribution is 5.76. The lowest BCUT2D eigenvalue weighted by atomic mass is 10.2. The highest BCUT2D eigenvalue weighted by Crippen LogP contribution is 2.29. The highest BCUT2D eigenvalue weighted by atomic mass is 16.5. The topological polar surface area (TPSA) is 55.8 Å². The van der Waals surface area contributed by atoms with E-state index in [-0.39, 0.29) is 5.75 Å². The van der Waals surface area contributed by atoms with Gasteiger partial charge in [0.1, 0.15) is 18.6 Å².